The maximum atomic E-state index is 12.4. The topological polar surface area (TPSA) is 48.9 Å². The number of carbonyl (C=O) groups is 1. The average molecular weight is 415 g/mol. The number of amides is 1. The van der Waals surface area contributed by atoms with Crippen molar-refractivity contribution in [3.63, 3.8) is 0 Å². The fraction of sp³-hybridized carbons (Fsp3) is 0.545. The number of nitrogens with zero attached hydrogens (tertiary/aromatic N) is 4. The van der Waals surface area contributed by atoms with E-state index in [2.05, 4.69) is 21.2 Å². The highest BCUT2D eigenvalue weighted by Gasteiger charge is 2.22. The first-order valence-corrected chi connectivity index (χ1v) is 11.4. The van der Waals surface area contributed by atoms with Crippen LogP contribution in [0.25, 0.3) is 10.6 Å². The molecule has 1 aromatic heterocycles. The van der Waals surface area contributed by atoms with Crippen LogP contribution in [0.2, 0.25) is 0 Å². The third kappa shape index (κ3) is 5.35. The van der Waals surface area contributed by atoms with Crippen molar-refractivity contribution in [1.82, 2.24) is 19.7 Å². The van der Waals surface area contributed by atoms with Crippen LogP contribution in [0.5, 0.6) is 5.75 Å². The Balaban J connectivity index is 1.30. The van der Waals surface area contributed by atoms with E-state index < -0.39 is 0 Å². The first-order valence-electron chi connectivity index (χ1n) is 10.5. The minimum Gasteiger partial charge on any atom is -0.497 e. The molecule has 2 aromatic rings. The summed E-state index contributed by atoms with van der Waals surface area (Å²) in [5, 5.41) is 3.19. The Hall–Kier alpha value is -1.96. The van der Waals surface area contributed by atoms with Gasteiger partial charge in [-0.3, -0.25) is 14.6 Å². The molecule has 0 N–H and O–H groups in total. The number of hydrogen-bond donors (Lipinski definition) is 0. The number of hydrogen-bond acceptors (Lipinski definition) is 6. The van der Waals surface area contributed by atoms with Gasteiger partial charge in [0.05, 0.1) is 19.3 Å². The highest BCUT2D eigenvalue weighted by molar-refractivity contribution is 7.13. The predicted molar refractivity (Wildman–Crippen MR) is 116 cm³/mol. The first kappa shape index (κ1) is 20.3. The summed E-state index contributed by atoms with van der Waals surface area (Å²) in [5.74, 6) is 1.16. The molecule has 0 atom stereocenters. The van der Waals surface area contributed by atoms with Gasteiger partial charge in [0.25, 0.3) is 0 Å². The Morgan fingerprint density at radius 2 is 1.86 bits per heavy atom. The molecular weight excluding hydrogens is 384 g/mol. The van der Waals surface area contributed by atoms with Crippen molar-refractivity contribution >= 4 is 17.2 Å². The van der Waals surface area contributed by atoms with Gasteiger partial charge in [0.1, 0.15) is 10.8 Å². The summed E-state index contributed by atoms with van der Waals surface area (Å²) in [7, 11) is 1.69. The summed E-state index contributed by atoms with van der Waals surface area (Å²) in [6.07, 6.45) is 3.41. The lowest BCUT2D eigenvalue weighted by Gasteiger charge is -2.23. The Bertz CT molecular complexity index is 819. The van der Waals surface area contributed by atoms with Crippen LogP contribution in [0.15, 0.2) is 29.6 Å². The lowest BCUT2D eigenvalue weighted by molar-refractivity contribution is -0.131. The third-order valence-electron chi connectivity index (χ3n) is 5.75. The van der Waals surface area contributed by atoms with E-state index in [1.54, 1.807) is 18.4 Å². The highest BCUT2D eigenvalue weighted by Crippen LogP contribution is 2.27. The molecule has 0 unspecified atom stereocenters. The van der Waals surface area contributed by atoms with Crippen molar-refractivity contribution in [2.45, 2.75) is 25.8 Å². The maximum absolute atomic E-state index is 12.4. The summed E-state index contributed by atoms with van der Waals surface area (Å²) in [6, 6.07) is 8.06. The molecule has 29 heavy (non-hydrogen) atoms. The van der Waals surface area contributed by atoms with Crippen LogP contribution in [0, 0.1) is 0 Å². The lowest BCUT2D eigenvalue weighted by Crippen LogP contribution is -2.40. The average Bonchev–Trinajstić information content (AvgIpc) is 3.39. The molecule has 1 amide bonds. The lowest BCUT2D eigenvalue weighted by atomic mass is 10.2. The van der Waals surface area contributed by atoms with Crippen molar-refractivity contribution in [1.29, 1.82) is 0 Å². The summed E-state index contributed by atoms with van der Waals surface area (Å²) >= 11 is 1.68. The minimum atomic E-state index is 0.304. The second kappa shape index (κ2) is 9.69. The summed E-state index contributed by atoms with van der Waals surface area (Å²) in [5.41, 5.74) is 2.22. The highest BCUT2D eigenvalue weighted by atomic mass is 32.1. The van der Waals surface area contributed by atoms with E-state index in [9.17, 15) is 4.79 Å². The molecule has 0 spiro atoms. The number of rotatable bonds is 6. The first-order chi connectivity index (χ1) is 14.2. The van der Waals surface area contributed by atoms with Crippen LogP contribution < -0.4 is 4.74 Å². The molecule has 2 aliphatic heterocycles. The summed E-state index contributed by atoms with van der Waals surface area (Å²) in [4.78, 5) is 24.1. The van der Waals surface area contributed by atoms with Gasteiger partial charge in [-0.15, -0.1) is 11.3 Å². The molecular formula is C22H30N4O2S. The molecule has 2 aliphatic rings. The van der Waals surface area contributed by atoms with Crippen LogP contribution in [0.4, 0.5) is 0 Å². The molecule has 1 aromatic carbocycles. The molecule has 156 valence electrons. The molecule has 4 rings (SSSR count). The number of carbonyl (C=O) groups excluding carboxylic acids is 1. The molecule has 3 heterocycles. The van der Waals surface area contributed by atoms with Gasteiger partial charge in [-0.2, -0.15) is 0 Å². The van der Waals surface area contributed by atoms with Gasteiger partial charge in [0.2, 0.25) is 5.91 Å². The molecule has 2 saturated heterocycles. The Labute approximate surface area is 177 Å². The summed E-state index contributed by atoms with van der Waals surface area (Å²) < 4.78 is 5.33. The number of methoxy groups -OCH3 is 1. The Kier molecular flexibility index (Phi) is 6.79. The molecule has 0 radical (unpaired) electrons. The summed E-state index contributed by atoms with van der Waals surface area (Å²) in [6.45, 7) is 7.32. The number of ether oxygens (including phenoxy) is 1. The molecule has 0 bridgehead atoms. The maximum Gasteiger partial charge on any atom is 0.236 e. The van der Waals surface area contributed by atoms with E-state index in [1.165, 1.54) is 0 Å². The van der Waals surface area contributed by atoms with E-state index in [0.717, 1.165) is 87.1 Å². The monoisotopic (exact) mass is 414 g/mol. The standard InChI is InChI=1S/C22H30N4O2S/c1-28-20-7-4-6-18(14-20)22-23-19(17-29-22)15-24-8-5-9-25(13-12-24)16-21(27)26-10-2-3-11-26/h4,6-7,14,17H,2-3,5,8-13,15-16H2,1H3. The molecule has 2 fully saturated rings. The van der Waals surface area contributed by atoms with E-state index in [1.807, 2.05) is 23.1 Å². The zero-order valence-electron chi connectivity index (χ0n) is 17.2. The molecule has 6 nitrogen and oxygen atoms in total. The van der Waals surface area contributed by atoms with Crippen molar-refractivity contribution < 1.29 is 9.53 Å². The second-order valence-corrected chi connectivity index (χ2v) is 8.73. The largest absolute Gasteiger partial charge is 0.497 e. The smallest absolute Gasteiger partial charge is 0.236 e. The third-order valence-corrected chi connectivity index (χ3v) is 6.69. The zero-order valence-corrected chi connectivity index (χ0v) is 18.0. The van der Waals surface area contributed by atoms with Crippen LogP contribution >= 0.6 is 11.3 Å². The van der Waals surface area contributed by atoms with Gasteiger partial charge in [0.15, 0.2) is 0 Å². The Morgan fingerprint density at radius 3 is 2.69 bits per heavy atom. The quantitative estimate of drug-likeness (QED) is 0.727. The van der Waals surface area contributed by atoms with Gasteiger partial charge >= 0.3 is 0 Å². The van der Waals surface area contributed by atoms with Gasteiger partial charge in [-0.25, -0.2) is 4.98 Å². The fourth-order valence-electron chi connectivity index (χ4n) is 4.10. The van der Waals surface area contributed by atoms with Crippen LogP contribution in [0.3, 0.4) is 0 Å². The predicted octanol–water partition coefficient (Wildman–Crippen LogP) is 2.95. The minimum absolute atomic E-state index is 0.304. The van der Waals surface area contributed by atoms with E-state index in [4.69, 9.17) is 9.72 Å². The van der Waals surface area contributed by atoms with Crippen molar-refractivity contribution in [2.24, 2.45) is 0 Å². The molecule has 0 aliphatic carbocycles. The van der Waals surface area contributed by atoms with Crippen molar-refractivity contribution in [3.05, 3.63) is 35.3 Å². The van der Waals surface area contributed by atoms with Crippen LogP contribution in [0.1, 0.15) is 25.0 Å². The zero-order chi connectivity index (χ0) is 20.1. The fourth-order valence-corrected chi connectivity index (χ4v) is 4.90. The van der Waals surface area contributed by atoms with Gasteiger partial charge in [-0.1, -0.05) is 12.1 Å². The van der Waals surface area contributed by atoms with Crippen LogP contribution in [-0.2, 0) is 11.3 Å². The van der Waals surface area contributed by atoms with Crippen LogP contribution in [-0.4, -0.2) is 78.5 Å². The van der Waals surface area contributed by atoms with Gasteiger partial charge in [-0.05, 0) is 44.5 Å². The number of likely N-dealkylation sites (tertiary alicyclic amines) is 1. The number of benzene rings is 1. The molecule has 7 heteroatoms. The van der Waals surface area contributed by atoms with Gasteiger partial charge < -0.3 is 9.64 Å². The SMILES string of the molecule is COc1cccc(-c2nc(CN3CCCN(CC(=O)N4CCCC4)CC3)cs2)c1. The number of aromatic nitrogens is 1. The normalized spacial score (nSPS) is 18.7. The van der Waals surface area contributed by atoms with E-state index in [-0.39, 0.29) is 0 Å². The Morgan fingerprint density at radius 1 is 1.07 bits per heavy atom. The molecule has 0 saturated carbocycles. The second-order valence-electron chi connectivity index (χ2n) is 7.87. The van der Waals surface area contributed by atoms with Crippen molar-refractivity contribution in [2.75, 3.05) is 52.9 Å². The van der Waals surface area contributed by atoms with Gasteiger partial charge in [0, 0.05) is 43.7 Å². The number of thiazole rings is 1. The van der Waals surface area contributed by atoms with E-state index >= 15 is 0 Å². The van der Waals surface area contributed by atoms with E-state index in [0.29, 0.717) is 12.5 Å². The van der Waals surface area contributed by atoms with Crippen molar-refractivity contribution in [3.8, 4) is 16.3 Å².